The van der Waals surface area contributed by atoms with Gasteiger partial charge >= 0.3 is 5.97 Å². The van der Waals surface area contributed by atoms with E-state index in [0.717, 1.165) is 21.8 Å². The summed E-state index contributed by atoms with van der Waals surface area (Å²) in [4.78, 5) is 10.8. The van der Waals surface area contributed by atoms with Gasteiger partial charge in [-0.1, -0.05) is 47.6 Å². The third-order valence-corrected chi connectivity index (χ3v) is 4.61. The van der Waals surface area contributed by atoms with Crippen molar-refractivity contribution >= 4 is 29.3 Å². The molecule has 1 N–H and O–H groups in total. The number of thioether (sulfide) groups is 1. The lowest BCUT2D eigenvalue weighted by Gasteiger charge is -2.04. The summed E-state index contributed by atoms with van der Waals surface area (Å²) in [6.45, 7) is 0. The first-order valence-corrected chi connectivity index (χ1v) is 8.53. The maximum atomic E-state index is 10.8. The largest absolute Gasteiger partial charge is 0.478 e. The lowest BCUT2D eigenvalue weighted by Crippen LogP contribution is -1.95. The van der Waals surface area contributed by atoms with Crippen LogP contribution in [0.2, 0.25) is 5.02 Å². The average Bonchev–Trinajstić information content (AvgIpc) is 2.61. The van der Waals surface area contributed by atoms with Crippen molar-refractivity contribution in [1.82, 2.24) is 10.2 Å². The molecule has 3 rings (SSSR count). The van der Waals surface area contributed by atoms with Gasteiger partial charge in [0.25, 0.3) is 0 Å². The van der Waals surface area contributed by atoms with Gasteiger partial charge in [0.1, 0.15) is 5.03 Å². The Morgan fingerprint density at radius 2 is 1.67 bits per heavy atom. The highest BCUT2D eigenvalue weighted by Crippen LogP contribution is 2.23. The van der Waals surface area contributed by atoms with Gasteiger partial charge < -0.3 is 5.11 Å². The second kappa shape index (κ2) is 7.47. The van der Waals surface area contributed by atoms with Crippen LogP contribution in [0.25, 0.3) is 11.3 Å². The van der Waals surface area contributed by atoms with Gasteiger partial charge in [-0.3, -0.25) is 0 Å². The summed E-state index contributed by atoms with van der Waals surface area (Å²) in [5.74, 6) is -0.215. The van der Waals surface area contributed by atoms with Crippen molar-refractivity contribution in [2.24, 2.45) is 0 Å². The molecular weight excluding hydrogens is 344 g/mol. The van der Waals surface area contributed by atoms with Gasteiger partial charge in [-0.25, -0.2) is 4.79 Å². The minimum absolute atomic E-state index is 0.288. The molecule has 0 amide bonds. The molecule has 2 aromatic carbocycles. The van der Waals surface area contributed by atoms with E-state index in [-0.39, 0.29) is 5.56 Å². The molecule has 3 aromatic rings. The van der Waals surface area contributed by atoms with Crippen LogP contribution in [0.4, 0.5) is 0 Å². The highest BCUT2D eigenvalue weighted by Gasteiger charge is 2.04. The molecule has 1 aromatic heterocycles. The molecule has 1 heterocycles. The fourth-order valence-electron chi connectivity index (χ4n) is 2.07. The van der Waals surface area contributed by atoms with Crippen molar-refractivity contribution in [2.75, 3.05) is 0 Å². The Hall–Kier alpha value is -2.37. The second-order valence-corrected chi connectivity index (χ2v) is 6.49. The molecule has 0 unspecified atom stereocenters. The number of halogens is 1. The second-order valence-electron chi connectivity index (χ2n) is 5.05. The van der Waals surface area contributed by atoms with E-state index < -0.39 is 5.97 Å². The number of nitrogens with zero attached hydrogens (tertiary/aromatic N) is 2. The van der Waals surface area contributed by atoms with E-state index in [9.17, 15) is 4.79 Å². The summed E-state index contributed by atoms with van der Waals surface area (Å²) in [7, 11) is 0. The fraction of sp³-hybridized carbons (Fsp3) is 0.0556. The molecule has 120 valence electrons. The lowest BCUT2D eigenvalue weighted by molar-refractivity contribution is 0.0697. The van der Waals surface area contributed by atoms with E-state index in [2.05, 4.69) is 10.2 Å². The van der Waals surface area contributed by atoms with E-state index in [1.165, 1.54) is 0 Å². The van der Waals surface area contributed by atoms with Crippen LogP contribution in [0.5, 0.6) is 0 Å². The summed E-state index contributed by atoms with van der Waals surface area (Å²) in [5, 5.41) is 18.9. The molecule has 24 heavy (non-hydrogen) atoms. The van der Waals surface area contributed by atoms with Gasteiger partial charge in [-0.2, -0.15) is 0 Å². The van der Waals surface area contributed by atoms with Gasteiger partial charge in [-0.15, -0.1) is 10.2 Å². The molecule has 0 atom stereocenters. The molecule has 0 radical (unpaired) electrons. The first kappa shape index (κ1) is 16.5. The summed E-state index contributed by atoms with van der Waals surface area (Å²) in [6.07, 6.45) is 0. The summed E-state index contributed by atoms with van der Waals surface area (Å²) < 4.78 is 0. The number of benzene rings is 2. The molecule has 0 aliphatic heterocycles. The van der Waals surface area contributed by atoms with E-state index in [0.29, 0.717) is 10.8 Å². The Bertz CT molecular complexity index is 834. The third-order valence-electron chi connectivity index (χ3n) is 3.37. The summed E-state index contributed by atoms with van der Waals surface area (Å²) in [6, 6.07) is 18.1. The molecule has 0 fully saturated rings. The summed E-state index contributed by atoms with van der Waals surface area (Å²) >= 11 is 7.43. The number of carboxylic acids is 1. The molecule has 6 heteroatoms. The Morgan fingerprint density at radius 1 is 0.958 bits per heavy atom. The smallest absolute Gasteiger partial charge is 0.335 e. The quantitative estimate of drug-likeness (QED) is 0.666. The normalized spacial score (nSPS) is 10.5. The number of carboxylic acid groups (broad SMARTS) is 1. The Balaban J connectivity index is 1.63. The van der Waals surface area contributed by atoms with Crippen molar-refractivity contribution in [3.8, 4) is 11.3 Å². The maximum absolute atomic E-state index is 10.8. The fourth-order valence-corrected chi connectivity index (χ4v) is 2.97. The number of hydrogen-bond donors (Lipinski definition) is 1. The van der Waals surface area contributed by atoms with Gasteiger partial charge in [0.15, 0.2) is 0 Å². The predicted octanol–water partition coefficient (Wildman–Crippen LogP) is 4.79. The van der Waals surface area contributed by atoms with Gasteiger partial charge in [-0.05, 0) is 42.0 Å². The zero-order chi connectivity index (χ0) is 16.9. The topological polar surface area (TPSA) is 63.1 Å². The molecule has 0 aliphatic rings. The minimum Gasteiger partial charge on any atom is -0.478 e. The van der Waals surface area contributed by atoms with E-state index in [1.54, 1.807) is 23.9 Å². The standard InChI is InChI=1S/C18H13ClN2O2S/c19-15-7-5-13(6-8-15)16-9-10-17(21-20-16)24-11-12-1-3-14(4-2-12)18(22)23/h1-10H,11H2,(H,22,23). The van der Waals surface area contributed by atoms with Crippen LogP contribution in [0.15, 0.2) is 65.7 Å². The van der Waals surface area contributed by atoms with Crippen LogP contribution in [0, 0.1) is 0 Å². The van der Waals surface area contributed by atoms with Gasteiger partial charge in [0, 0.05) is 16.3 Å². The minimum atomic E-state index is -0.919. The van der Waals surface area contributed by atoms with Crippen LogP contribution in [-0.4, -0.2) is 21.3 Å². The number of aromatic carboxylic acids is 1. The monoisotopic (exact) mass is 356 g/mol. The average molecular weight is 357 g/mol. The number of aromatic nitrogens is 2. The van der Waals surface area contributed by atoms with Gasteiger partial charge in [0.2, 0.25) is 0 Å². The van der Waals surface area contributed by atoms with Crippen LogP contribution in [0.1, 0.15) is 15.9 Å². The number of hydrogen-bond acceptors (Lipinski definition) is 4. The lowest BCUT2D eigenvalue weighted by atomic mass is 10.1. The molecule has 0 saturated carbocycles. The molecule has 0 spiro atoms. The highest BCUT2D eigenvalue weighted by atomic mass is 35.5. The van der Waals surface area contributed by atoms with Crippen molar-refractivity contribution in [3.05, 3.63) is 76.8 Å². The van der Waals surface area contributed by atoms with Gasteiger partial charge in [0.05, 0.1) is 11.3 Å². The van der Waals surface area contributed by atoms with E-state index in [4.69, 9.17) is 16.7 Å². The highest BCUT2D eigenvalue weighted by molar-refractivity contribution is 7.98. The zero-order valence-corrected chi connectivity index (χ0v) is 14.1. The van der Waals surface area contributed by atoms with Crippen molar-refractivity contribution in [3.63, 3.8) is 0 Å². The molecule has 0 aliphatic carbocycles. The van der Waals surface area contributed by atoms with Crippen LogP contribution >= 0.6 is 23.4 Å². The van der Waals surface area contributed by atoms with Crippen LogP contribution in [-0.2, 0) is 5.75 Å². The number of carbonyl (C=O) groups is 1. The third kappa shape index (κ3) is 4.13. The SMILES string of the molecule is O=C(O)c1ccc(CSc2ccc(-c3ccc(Cl)cc3)nn2)cc1. The van der Waals surface area contributed by atoms with Crippen molar-refractivity contribution < 1.29 is 9.90 Å². The van der Waals surface area contributed by atoms with Crippen molar-refractivity contribution in [1.29, 1.82) is 0 Å². The summed E-state index contributed by atoms with van der Waals surface area (Å²) in [5.41, 5.74) is 3.08. The zero-order valence-electron chi connectivity index (χ0n) is 12.5. The molecule has 4 nitrogen and oxygen atoms in total. The molecule has 0 saturated heterocycles. The van der Waals surface area contributed by atoms with E-state index >= 15 is 0 Å². The first-order chi connectivity index (χ1) is 11.6. The Kier molecular flexibility index (Phi) is 5.13. The molecule has 0 bridgehead atoms. The van der Waals surface area contributed by atoms with Crippen LogP contribution in [0.3, 0.4) is 0 Å². The van der Waals surface area contributed by atoms with Crippen molar-refractivity contribution in [2.45, 2.75) is 10.8 Å². The number of rotatable bonds is 5. The predicted molar refractivity (Wildman–Crippen MR) is 95.4 cm³/mol. The Morgan fingerprint density at radius 3 is 2.25 bits per heavy atom. The Labute approximate surface area is 148 Å². The maximum Gasteiger partial charge on any atom is 0.335 e. The molecular formula is C18H13ClN2O2S. The van der Waals surface area contributed by atoms with Crippen LogP contribution < -0.4 is 0 Å². The first-order valence-electron chi connectivity index (χ1n) is 7.16. The van der Waals surface area contributed by atoms with E-state index in [1.807, 2.05) is 48.5 Å².